The summed E-state index contributed by atoms with van der Waals surface area (Å²) in [6.45, 7) is 4.57. The number of aryl methyl sites for hydroxylation is 2. The van der Waals surface area contributed by atoms with Crippen molar-refractivity contribution in [3.8, 4) is 5.75 Å². The molecule has 3 aromatic rings. The number of carbonyl (C=O) groups is 1. The first kappa shape index (κ1) is 18.2. The maximum atomic E-state index is 12.3. The minimum absolute atomic E-state index is 0.227. The van der Waals surface area contributed by atoms with E-state index in [1.165, 1.54) is 0 Å². The van der Waals surface area contributed by atoms with E-state index in [-0.39, 0.29) is 12.6 Å². The van der Waals surface area contributed by atoms with E-state index in [1.807, 2.05) is 49.8 Å². The lowest BCUT2D eigenvalue weighted by atomic mass is 10.2. The molecule has 3 rings (SSSR count). The maximum absolute atomic E-state index is 12.3. The van der Waals surface area contributed by atoms with E-state index in [1.54, 1.807) is 16.9 Å². The monoisotopic (exact) mass is 417 g/mol. The first-order valence-electron chi connectivity index (χ1n) is 8.13. The first-order valence-corrected chi connectivity index (χ1v) is 8.92. The Morgan fingerprint density at radius 2 is 1.92 bits per heavy atom. The summed E-state index contributed by atoms with van der Waals surface area (Å²) in [7, 11) is 1.89. The van der Waals surface area contributed by atoms with Gasteiger partial charge < -0.3 is 10.1 Å². The summed E-state index contributed by atoms with van der Waals surface area (Å²) in [5, 5.41) is 11.5. The molecule has 0 aliphatic carbocycles. The Morgan fingerprint density at radius 3 is 2.58 bits per heavy atom. The second kappa shape index (κ2) is 7.74. The molecular formula is C18H20BrN5O2. The molecule has 2 aromatic heterocycles. The van der Waals surface area contributed by atoms with Crippen molar-refractivity contribution in [2.75, 3.05) is 0 Å². The summed E-state index contributed by atoms with van der Waals surface area (Å²) in [6, 6.07) is 9.20. The number of halogens is 1. The largest absolute Gasteiger partial charge is 0.471 e. The van der Waals surface area contributed by atoms with Gasteiger partial charge in [-0.2, -0.15) is 10.2 Å². The molecule has 8 heteroatoms. The van der Waals surface area contributed by atoms with Crippen LogP contribution in [0.4, 0.5) is 0 Å². The zero-order chi connectivity index (χ0) is 18.7. The van der Waals surface area contributed by atoms with Gasteiger partial charge in [0.25, 0.3) is 5.91 Å². The number of nitrogens with zero attached hydrogens (tertiary/aromatic N) is 4. The zero-order valence-corrected chi connectivity index (χ0v) is 16.4. The van der Waals surface area contributed by atoms with Crippen LogP contribution in [0.1, 0.15) is 27.4 Å². The van der Waals surface area contributed by atoms with E-state index < -0.39 is 0 Å². The Kier molecular flexibility index (Phi) is 5.41. The Morgan fingerprint density at radius 1 is 1.19 bits per heavy atom. The third-order valence-electron chi connectivity index (χ3n) is 4.14. The van der Waals surface area contributed by atoms with Gasteiger partial charge in [0.15, 0.2) is 6.73 Å². The van der Waals surface area contributed by atoms with Crippen molar-refractivity contribution < 1.29 is 9.53 Å². The summed E-state index contributed by atoms with van der Waals surface area (Å²) < 4.78 is 10.0. The lowest BCUT2D eigenvalue weighted by Crippen LogP contribution is -2.24. The standard InChI is InChI=1S/C18H20BrN5O2/c1-12-16(13(2)23(3)21-12)10-20-18(25)17-8-9-24(22-17)11-26-15-6-4-14(19)5-7-15/h4-9H,10-11H2,1-3H3,(H,20,25). The number of ether oxygens (including phenoxy) is 1. The van der Waals surface area contributed by atoms with E-state index in [9.17, 15) is 4.79 Å². The highest BCUT2D eigenvalue weighted by atomic mass is 79.9. The fourth-order valence-corrected chi connectivity index (χ4v) is 2.82. The number of hydrogen-bond acceptors (Lipinski definition) is 4. The van der Waals surface area contributed by atoms with Gasteiger partial charge in [-0.25, -0.2) is 4.68 Å². The van der Waals surface area contributed by atoms with Crippen molar-refractivity contribution in [2.24, 2.45) is 7.05 Å². The van der Waals surface area contributed by atoms with E-state index in [0.29, 0.717) is 12.2 Å². The second-order valence-electron chi connectivity index (χ2n) is 5.92. The van der Waals surface area contributed by atoms with E-state index >= 15 is 0 Å². The molecule has 26 heavy (non-hydrogen) atoms. The van der Waals surface area contributed by atoms with Gasteiger partial charge in [-0.15, -0.1) is 0 Å². The normalized spacial score (nSPS) is 10.8. The highest BCUT2D eigenvalue weighted by molar-refractivity contribution is 9.10. The van der Waals surface area contributed by atoms with Crippen molar-refractivity contribution in [1.82, 2.24) is 24.9 Å². The Balaban J connectivity index is 1.56. The van der Waals surface area contributed by atoms with Gasteiger partial charge in [0.05, 0.1) is 5.69 Å². The van der Waals surface area contributed by atoms with Gasteiger partial charge >= 0.3 is 0 Å². The molecule has 0 aliphatic heterocycles. The van der Waals surface area contributed by atoms with Crippen LogP contribution in [0.2, 0.25) is 0 Å². The average Bonchev–Trinajstić information content (AvgIpc) is 3.18. The molecular weight excluding hydrogens is 398 g/mol. The lowest BCUT2D eigenvalue weighted by molar-refractivity contribution is 0.0943. The second-order valence-corrected chi connectivity index (χ2v) is 6.84. The van der Waals surface area contributed by atoms with E-state index in [2.05, 4.69) is 31.4 Å². The van der Waals surface area contributed by atoms with Gasteiger partial charge in [0.2, 0.25) is 0 Å². The molecule has 2 heterocycles. The number of rotatable bonds is 6. The Labute approximate surface area is 160 Å². The molecule has 0 radical (unpaired) electrons. The van der Waals surface area contributed by atoms with Crippen LogP contribution in [0.5, 0.6) is 5.75 Å². The topological polar surface area (TPSA) is 74.0 Å². The number of hydrogen-bond donors (Lipinski definition) is 1. The predicted octanol–water partition coefficient (Wildman–Crippen LogP) is 2.96. The molecule has 1 N–H and O–H groups in total. The zero-order valence-electron chi connectivity index (χ0n) is 14.9. The molecule has 0 spiro atoms. The third-order valence-corrected chi connectivity index (χ3v) is 4.66. The average molecular weight is 418 g/mol. The number of benzene rings is 1. The summed E-state index contributed by atoms with van der Waals surface area (Å²) in [6.07, 6.45) is 1.72. The van der Waals surface area contributed by atoms with Crippen LogP contribution in [0.3, 0.4) is 0 Å². The highest BCUT2D eigenvalue weighted by Crippen LogP contribution is 2.16. The number of nitrogens with one attached hydrogen (secondary N) is 1. The van der Waals surface area contributed by atoms with Gasteiger partial charge in [0.1, 0.15) is 11.4 Å². The summed E-state index contributed by atoms with van der Waals surface area (Å²) in [5.74, 6) is 0.507. The van der Waals surface area contributed by atoms with Crippen LogP contribution >= 0.6 is 15.9 Å². The van der Waals surface area contributed by atoms with Crippen molar-refractivity contribution in [3.05, 3.63) is 63.6 Å². The van der Waals surface area contributed by atoms with Gasteiger partial charge in [-0.3, -0.25) is 9.48 Å². The van der Waals surface area contributed by atoms with Gasteiger partial charge in [0, 0.05) is 35.5 Å². The lowest BCUT2D eigenvalue weighted by Gasteiger charge is -2.06. The van der Waals surface area contributed by atoms with Gasteiger partial charge in [-0.1, -0.05) is 15.9 Å². The molecule has 1 amide bonds. The Hall–Kier alpha value is -2.61. The van der Waals surface area contributed by atoms with Crippen molar-refractivity contribution in [1.29, 1.82) is 0 Å². The molecule has 0 bridgehead atoms. The number of carbonyl (C=O) groups excluding carboxylic acids is 1. The Bertz CT molecular complexity index is 914. The third kappa shape index (κ3) is 4.13. The smallest absolute Gasteiger partial charge is 0.272 e. The predicted molar refractivity (Wildman–Crippen MR) is 101 cm³/mol. The highest BCUT2D eigenvalue weighted by Gasteiger charge is 2.13. The van der Waals surface area contributed by atoms with Crippen LogP contribution in [0.15, 0.2) is 41.0 Å². The molecule has 1 aromatic carbocycles. The quantitative estimate of drug-likeness (QED) is 0.668. The molecule has 0 aliphatic rings. The number of amides is 1. The van der Waals surface area contributed by atoms with E-state index in [0.717, 1.165) is 27.2 Å². The van der Waals surface area contributed by atoms with Crippen LogP contribution < -0.4 is 10.1 Å². The molecule has 7 nitrogen and oxygen atoms in total. The molecule has 0 saturated carbocycles. The maximum Gasteiger partial charge on any atom is 0.272 e. The molecule has 136 valence electrons. The number of aromatic nitrogens is 4. The molecule has 0 saturated heterocycles. The molecule has 0 atom stereocenters. The fraction of sp³-hybridized carbons (Fsp3) is 0.278. The fourth-order valence-electron chi connectivity index (χ4n) is 2.56. The van der Waals surface area contributed by atoms with Crippen LogP contribution in [-0.4, -0.2) is 25.5 Å². The van der Waals surface area contributed by atoms with E-state index in [4.69, 9.17) is 4.74 Å². The van der Waals surface area contributed by atoms with Crippen molar-refractivity contribution in [3.63, 3.8) is 0 Å². The minimum atomic E-state index is -0.227. The first-order chi connectivity index (χ1) is 12.4. The van der Waals surface area contributed by atoms with Crippen LogP contribution in [-0.2, 0) is 20.3 Å². The van der Waals surface area contributed by atoms with Crippen LogP contribution in [0, 0.1) is 13.8 Å². The molecule has 0 unspecified atom stereocenters. The van der Waals surface area contributed by atoms with Gasteiger partial charge in [-0.05, 0) is 44.2 Å². The molecule has 0 fully saturated rings. The minimum Gasteiger partial charge on any atom is -0.471 e. The van der Waals surface area contributed by atoms with Crippen molar-refractivity contribution in [2.45, 2.75) is 27.1 Å². The SMILES string of the molecule is Cc1nn(C)c(C)c1CNC(=O)c1ccn(COc2ccc(Br)cc2)n1. The van der Waals surface area contributed by atoms with Crippen molar-refractivity contribution >= 4 is 21.8 Å². The summed E-state index contributed by atoms with van der Waals surface area (Å²) in [5.41, 5.74) is 3.33. The van der Waals surface area contributed by atoms with Crippen LogP contribution in [0.25, 0.3) is 0 Å². The summed E-state index contributed by atoms with van der Waals surface area (Å²) >= 11 is 3.38. The summed E-state index contributed by atoms with van der Waals surface area (Å²) in [4.78, 5) is 12.3.